The van der Waals surface area contributed by atoms with Crippen molar-refractivity contribution in [3.05, 3.63) is 298 Å². The summed E-state index contributed by atoms with van der Waals surface area (Å²) >= 11 is 0. The maximum Gasteiger partial charge on any atom is 0.407 e. The van der Waals surface area contributed by atoms with Gasteiger partial charge in [0.2, 0.25) is 5.82 Å². The number of nitrogens with one attached hydrogen (secondary N) is 9. The van der Waals surface area contributed by atoms with Gasteiger partial charge in [0.1, 0.15) is 17.2 Å². The summed E-state index contributed by atoms with van der Waals surface area (Å²) in [6, 6.07) is 65.4. The molecule has 0 bridgehead atoms. The minimum Gasteiger partial charge on any atom is -0.465 e. The fourth-order valence-electron chi connectivity index (χ4n) is 14.9. The molecule has 5 heterocycles. The van der Waals surface area contributed by atoms with Gasteiger partial charge in [-0.2, -0.15) is 0 Å². The summed E-state index contributed by atoms with van der Waals surface area (Å²) in [5.41, 5.74) is 44.6. The van der Waals surface area contributed by atoms with Crippen LogP contribution in [0.5, 0.6) is 0 Å². The number of para-hydroxylation sites is 1. The Morgan fingerprint density at radius 2 is 0.929 bits per heavy atom. The number of nitrogens with two attached hydrogens (primary N) is 3. The number of aryl methyl sites for hydroxylation is 4. The van der Waals surface area contributed by atoms with Crippen molar-refractivity contribution in [2.24, 2.45) is 7.05 Å². The number of fused-ring (bicyclic) bond motifs is 3. The second-order valence-electron chi connectivity index (χ2n) is 27.6. The van der Waals surface area contributed by atoms with Gasteiger partial charge in [-0.05, 0) is 145 Å². The number of rotatable bonds is 18. The van der Waals surface area contributed by atoms with Gasteiger partial charge in [0, 0.05) is 66.0 Å². The molecule has 5 atom stereocenters. The Morgan fingerprint density at radius 1 is 0.500 bits per heavy atom. The van der Waals surface area contributed by atoms with Crippen LogP contribution in [0.3, 0.4) is 0 Å². The number of hydrogen-bond acceptors (Lipinski definition) is 19. The van der Waals surface area contributed by atoms with Crippen LogP contribution in [0.2, 0.25) is 0 Å². The van der Waals surface area contributed by atoms with E-state index in [1.807, 2.05) is 141 Å². The zero-order chi connectivity index (χ0) is 77.8. The smallest absolute Gasteiger partial charge is 0.407 e. The number of benzene rings is 8. The van der Waals surface area contributed by atoms with E-state index in [0.717, 1.165) is 68.2 Å². The quantitative estimate of drug-likeness (QED) is 0.0216. The lowest BCUT2D eigenvalue weighted by Gasteiger charge is -2.39. The number of likely N-dealkylation sites (tertiary alicyclic amines) is 1. The molecule has 1 fully saturated rings. The average molecular weight is 1490 g/mol. The van der Waals surface area contributed by atoms with Crippen LogP contribution in [0.1, 0.15) is 143 Å². The summed E-state index contributed by atoms with van der Waals surface area (Å²) < 4.78 is 1.70. The van der Waals surface area contributed by atoms with Gasteiger partial charge in [-0.1, -0.05) is 158 Å². The molecule has 0 radical (unpaired) electrons. The normalized spacial score (nSPS) is 16.3. The number of carboxylic acid groups (broad SMARTS) is 1. The first-order valence-electron chi connectivity index (χ1n) is 37.0. The lowest BCUT2D eigenvalue weighted by molar-refractivity contribution is 0.0928. The van der Waals surface area contributed by atoms with Gasteiger partial charge in [0.25, 0.3) is 17.7 Å². The van der Waals surface area contributed by atoms with E-state index >= 15 is 0 Å². The molecule has 2 unspecified atom stereocenters. The summed E-state index contributed by atoms with van der Waals surface area (Å²) in [5.74, 6) is 0.844. The van der Waals surface area contributed by atoms with Crippen molar-refractivity contribution in [2.45, 2.75) is 87.9 Å². The first kappa shape index (κ1) is 74.8. The molecule has 16 N–H and O–H groups in total. The topological polar surface area (TPSA) is 410 Å². The van der Waals surface area contributed by atoms with Gasteiger partial charge in [0.05, 0.1) is 59.5 Å². The highest BCUT2D eigenvalue weighted by Gasteiger charge is 2.39. The van der Waals surface area contributed by atoms with E-state index in [-0.39, 0.29) is 88.3 Å². The van der Waals surface area contributed by atoms with Gasteiger partial charge in [-0.3, -0.25) is 40.7 Å². The summed E-state index contributed by atoms with van der Waals surface area (Å²) in [6.45, 7) is 0.472. The first-order valence-corrected chi connectivity index (χ1v) is 37.0. The molecule has 1 aliphatic heterocycles. The molecule has 0 saturated carbocycles. The van der Waals surface area contributed by atoms with Crippen molar-refractivity contribution in [2.75, 3.05) is 36.2 Å². The second-order valence-corrected chi connectivity index (χ2v) is 27.6. The standard InChI is InChI=1S/C36H36N8O3.C27H25N7O.C22H23N7O/c1-43-34(27-15-8-18-44(36(46)47)30(27)19-22-9-3-2-4-10-22)41-33(42-43)31-32(37)38-21-29(39-31)24-12-7-13-25(20-24)35(45)40-28-17-16-23-11-5-6-14-26(23)28;28-25-24(26(29)34-33-20-10-2-1-3-11-20)31-23(16-30-25)18-8-6-9-19(15-18)27(35)32-22-14-13-17-7-4-5-12-21(17)22;1-25-29-21(24)19-20(23)26-12-18(27-19)14-6-4-7-15(11-14)22(30)28-17-10-9-13-5-2-3-8-16(13)17/h2-7,9-14,20-21,27-28,30H,8,15-19H2,1H3,(H2,37,38)(H,40,45)(H,46,47);1-12,15-16,22,33H,13-14H2,(H2,28,30)(H2,29,34)(H,32,35);2-8,11-12,17,25H,9-10H2,1H3,(H2,23,26)(H2,24,29)(H,28,30)/t27?,28-,30?;22-;17-/m000/s1. The van der Waals surface area contributed by atoms with Crippen molar-refractivity contribution in [1.82, 2.24) is 81.8 Å². The number of hydrazine groups is 2. The maximum atomic E-state index is 13.3. The number of hydrogen-bond donors (Lipinski definition) is 13. The molecule has 4 aliphatic rings. The third-order valence-corrected chi connectivity index (χ3v) is 20.5. The lowest BCUT2D eigenvalue weighted by Crippen LogP contribution is -2.48. The Morgan fingerprint density at radius 3 is 1.39 bits per heavy atom. The van der Waals surface area contributed by atoms with Crippen LogP contribution in [0.4, 0.5) is 27.9 Å². The minimum atomic E-state index is -0.940. The van der Waals surface area contributed by atoms with Crippen LogP contribution in [-0.2, 0) is 32.7 Å². The predicted molar refractivity (Wildman–Crippen MR) is 430 cm³/mol. The maximum absolute atomic E-state index is 13.3. The average Bonchev–Trinajstić information content (AvgIpc) is 1.56. The number of piperidine rings is 1. The summed E-state index contributed by atoms with van der Waals surface area (Å²) in [4.78, 5) is 84.5. The minimum absolute atomic E-state index is 0.00827. The van der Waals surface area contributed by atoms with Crippen molar-refractivity contribution in [3.8, 4) is 45.3 Å². The number of nitrogen functional groups attached to an aromatic ring is 3. The Labute approximate surface area is 646 Å². The van der Waals surface area contributed by atoms with E-state index in [2.05, 4.69) is 104 Å². The molecule has 1 saturated heterocycles. The molecule has 27 heteroatoms. The highest BCUT2D eigenvalue weighted by Crippen LogP contribution is 2.38. The molecule has 564 valence electrons. The summed E-state index contributed by atoms with van der Waals surface area (Å²) in [5, 5.41) is 40.6. The Balaban J connectivity index is 0.000000144. The van der Waals surface area contributed by atoms with Crippen molar-refractivity contribution in [1.29, 1.82) is 10.8 Å². The lowest BCUT2D eigenvalue weighted by atomic mass is 9.84. The molecule has 4 aromatic heterocycles. The largest absolute Gasteiger partial charge is 0.465 e. The van der Waals surface area contributed by atoms with Gasteiger partial charge >= 0.3 is 6.09 Å². The zero-order valence-corrected chi connectivity index (χ0v) is 61.6. The highest BCUT2D eigenvalue weighted by atomic mass is 16.4. The Bertz CT molecular complexity index is 5490. The highest BCUT2D eigenvalue weighted by molar-refractivity contribution is 6.01. The van der Waals surface area contributed by atoms with Gasteiger partial charge in [0.15, 0.2) is 34.8 Å². The molecule has 8 aromatic carbocycles. The van der Waals surface area contributed by atoms with Crippen LogP contribution in [0, 0.1) is 10.8 Å². The van der Waals surface area contributed by atoms with Gasteiger partial charge in [-0.25, -0.2) is 45.1 Å². The van der Waals surface area contributed by atoms with Crippen molar-refractivity contribution >= 4 is 58.6 Å². The van der Waals surface area contributed by atoms with Gasteiger partial charge in [-0.15, -0.1) is 5.10 Å². The SMILES string of the molecule is CNNC(=N)c1nc(-c2cccc(C(=O)N[C@H]3CCc4ccccc43)c2)cnc1N.Cn1nc(-c2nc(-c3cccc(C(=O)N[C@H]4CCc5ccccc54)c3)cnc2N)nc1C1CCCN(C(=O)O)C1Cc1ccccc1.N=C(NNc1ccccc1)c1nc(-c2cccc(C(=O)N[C@H]3CCc4ccccc43)c2)cnc1N. The number of carbonyl (C=O) groups is 4. The van der Waals surface area contributed by atoms with E-state index in [4.69, 9.17) is 38.0 Å². The third kappa shape index (κ3) is 17.1. The molecule has 12 aromatic rings. The summed E-state index contributed by atoms with van der Waals surface area (Å²) in [6.07, 6.45) is 11.3. The zero-order valence-electron chi connectivity index (χ0n) is 61.6. The van der Waals surface area contributed by atoms with E-state index < -0.39 is 6.09 Å². The molecule has 3 aliphatic carbocycles. The van der Waals surface area contributed by atoms with Crippen LogP contribution >= 0.6 is 0 Å². The molecule has 0 spiro atoms. The molecular formula is C85H84N22O5. The molecular weight excluding hydrogens is 1410 g/mol. The fourth-order valence-corrected chi connectivity index (χ4v) is 14.9. The van der Waals surface area contributed by atoms with Crippen LogP contribution < -0.4 is 54.9 Å². The first-order chi connectivity index (χ1) is 54.5. The number of amidine groups is 2. The van der Waals surface area contributed by atoms with E-state index in [1.165, 1.54) is 44.5 Å². The predicted octanol–water partition coefficient (Wildman–Crippen LogP) is 11.7. The fraction of sp³-hybridized carbons (Fsp3) is 0.200. The Hall–Kier alpha value is -14.1. The van der Waals surface area contributed by atoms with E-state index in [0.29, 0.717) is 75.2 Å². The second kappa shape index (κ2) is 34.0. The monoisotopic (exact) mass is 1490 g/mol. The number of anilines is 4. The number of aromatic nitrogens is 9. The molecule has 4 amide bonds. The number of nitrogens with zero attached hydrogens (tertiary/aromatic N) is 10. The summed E-state index contributed by atoms with van der Waals surface area (Å²) in [7, 11) is 3.45. The van der Waals surface area contributed by atoms with Crippen molar-refractivity contribution < 1.29 is 24.3 Å². The number of carbonyl (C=O) groups excluding carboxylic acids is 3. The van der Waals surface area contributed by atoms with Crippen LogP contribution in [-0.4, -0.2) is 110 Å². The third-order valence-electron chi connectivity index (χ3n) is 20.5. The van der Waals surface area contributed by atoms with Gasteiger partial charge < -0.3 is 48.6 Å². The van der Waals surface area contributed by atoms with Crippen LogP contribution in [0.25, 0.3) is 45.3 Å². The van der Waals surface area contributed by atoms with Crippen molar-refractivity contribution in [3.63, 3.8) is 0 Å². The molecule has 112 heavy (non-hydrogen) atoms. The van der Waals surface area contributed by atoms with E-state index in [9.17, 15) is 24.3 Å². The number of amides is 4. The van der Waals surface area contributed by atoms with E-state index in [1.54, 1.807) is 60.5 Å². The van der Waals surface area contributed by atoms with Crippen LogP contribution in [0.15, 0.2) is 225 Å². The molecule has 27 nitrogen and oxygen atoms in total. The molecule has 16 rings (SSSR count). The Kier molecular flexibility index (Phi) is 22.7.